The number of benzene rings is 8. The molecule has 0 unspecified atom stereocenters. The van der Waals surface area contributed by atoms with E-state index in [0.717, 1.165) is 11.4 Å². The summed E-state index contributed by atoms with van der Waals surface area (Å²) < 4.78 is 4.85. The molecule has 0 fully saturated rings. The Bertz CT molecular complexity index is 2780. The lowest BCUT2D eigenvalue weighted by molar-refractivity contribution is 1.18. The zero-order valence-corrected chi connectivity index (χ0v) is 27.4. The van der Waals surface area contributed by atoms with Gasteiger partial charge in [0.1, 0.15) is 0 Å². The van der Waals surface area contributed by atoms with E-state index in [4.69, 9.17) is 0 Å². The molecule has 50 heavy (non-hydrogen) atoms. The fraction of sp³-hybridized carbons (Fsp3) is 0. The van der Waals surface area contributed by atoms with Gasteiger partial charge in [-0.15, -0.1) is 0 Å². The highest BCUT2D eigenvalue weighted by atomic mass is 15.0. The smallest absolute Gasteiger partial charge is 0.0547 e. The molecule has 0 atom stereocenters. The first-order valence-electron chi connectivity index (χ1n) is 17.2. The molecule has 2 heterocycles. The van der Waals surface area contributed by atoms with Crippen LogP contribution in [-0.4, -0.2) is 9.13 Å². The molecule has 2 nitrogen and oxygen atoms in total. The minimum atomic E-state index is 1.15. The Balaban J connectivity index is 1.24. The van der Waals surface area contributed by atoms with Gasteiger partial charge in [-0.05, 0) is 88.0 Å². The van der Waals surface area contributed by atoms with Crippen molar-refractivity contribution in [3.8, 4) is 44.8 Å². The van der Waals surface area contributed by atoms with Gasteiger partial charge < -0.3 is 9.13 Å². The maximum absolute atomic E-state index is 2.45. The summed E-state index contributed by atoms with van der Waals surface area (Å²) in [4.78, 5) is 0. The number of nitrogens with zero attached hydrogens (tertiary/aromatic N) is 2. The lowest BCUT2D eigenvalue weighted by atomic mass is 9.97. The molecule has 0 amide bonds. The van der Waals surface area contributed by atoms with Crippen molar-refractivity contribution >= 4 is 43.6 Å². The standard InChI is InChI=1S/C48H32N2/c1-4-15-33(16-5-1)36-29-37(34-17-6-2-7-18-34)31-39(30-36)50-45-25-13-11-22-43(45)48-40(23-14-26-46(48)50)35-27-28-42-41-21-10-12-24-44(41)49(47(42)32-35)38-19-8-3-9-20-38/h1-32H. The van der Waals surface area contributed by atoms with Crippen molar-refractivity contribution in [2.24, 2.45) is 0 Å². The molecule has 2 heteroatoms. The molecule has 2 aromatic heterocycles. The van der Waals surface area contributed by atoms with Gasteiger partial charge in [0.15, 0.2) is 0 Å². The molecule has 0 N–H and O–H groups in total. The third-order valence-corrected chi connectivity index (χ3v) is 10.1. The Morgan fingerprint density at radius 1 is 0.260 bits per heavy atom. The van der Waals surface area contributed by atoms with Crippen molar-refractivity contribution in [1.82, 2.24) is 9.13 Å². The normalized spacial score (nSPS) is 11.6. The molecular formula is C48H32N2. The van der Waals surface area contributed by atoms with Gasteiger partial charge in [-0.25, -0.2) is 0 Å². The second kappa shape index (κ2) is 11.5. The summed E-state index contributed by atoms with van der Waals surface area (Å²) in [5, 5.41) is 5.03. The molecule has 0 bridgehead atoms. The van der Waals surface area contributed by atoms with Gasteiger partial charge in [0, 0.05) is 32.9 Å². The predicted molar refractivity (Wildman–Crippen MR) is 211 cm³/mol. The second-order valence-corrected chi connectivity index (χ2v) is 13.0. The lowest BCUT2D eigenvalue weighted by Crippen LogP contribution is -1.96. The van der Waals surface area contributed by atoms with Crippen molar-refractivity contribution in [2.45, 2.75) is 0 Å². The number of aromatic nitrogens is 2. The van der Waals surface area contributed by atoms with Crippen LogP contribution < -0.4 is 0 Å². The summed E-state index contributed by atoms with van der Waals surface area (Å²) in [6.07, 6.45) is 0. The van der Waals surface area contributed by atoms with Crippen LogP contribution in [0.15, 0.2) is 194 Å². The van der Waals surface area contributed by atoms with Crippen LogP contribution >= 0.6 is 0 Å². The fourth-order valence-corrected chi connectivity index (χ4v) is 7.87. The number of fused-ring (bicyclic) bond motifs is 6. The lowest BCUT2D eigenvalue weighted by Gasteiger charge is -2.14. The van der Waals surface area contributed by atoms with Crippen LogP contribution in [0, 0.1) is 0 Å². The molecule has 0 aliphatic carbocycles. The van der Waals surface area contributed by atoms with E-state index in [2.05, 4.69) is 203 Å². The molecule has 234 valence electrons. The van der Waals surface area contributed by atoms with Crippen LogP contribution in [0.1, 0.15) is 0 Å². The average Bonchev–Trinajstić information content (AvgIpc) is 3.71. The second-order valence-electron chi connectivity index (χ2n) is 13.0. The molecule has 0 saturated heterocycles. The first kappa shape index (κ1) is 28.4. The minimum absolute atomic E-state index is 1.15. The molecule has 10 aromatic rings. The zero-order valence-electron chi connectivity index (χ0n) is 27.4. The highest BCUT2D eigenvalue weighted by Crippen LogP contribution is 2.42. The van der Waals surface area contributed by atoms with E-state index >= 15 is 0 Å². The SMILES string of the molecule is c1ccc(-c2cc(-c3ccccc3)cc(-n3c4ccccc4c4c(-c5ccc6c7ccccc7n(-c7ccccc7)c6c5)cccc43)c2)cc1. The Labute approximate surface area is 290 Å². The molecule has 8 aromatic carbocycles. The molecule has 0 spiro atoms. The fourth-order valence-electron chi connectivity index (χ4n) is 7.87. The minimum Gasteiger partial charge on any atom is -0.309 e. The van der Waals surface area contributed by atoms with Gasteiger partial charge in [0.25, 0.3) is 0 Å². The molecule has 0 aliphatic rings. The summed E-state index contributed by atoms with van der Waals surface area (Å²) in [6.45, 7) is 0. The summed E-state index contributed by atoms with van der Waals surface area (Å²) in [5.74, 6) is 0. The average molecular weight is 637 g/mol. The van der Waals surface area contributed by atoms with Gasteiger partial charge in [-0.2, -0.15) is 0 Å². The van der Waals surface area contributed by atoms with Gasteiger partial charge in [-0.1, -0.05) is 140 Å². The van der Waals surface area contributed by atoms with Crippen LogP contribution in [0.25, 0.3) is 88.4 Å². The van der Waals surface area contributed by atoms with E-state index in [1.165, 1.54) is 77.0 Å². The topological polar surface area (TPSA) is 9.86 Å². The monoisotopic (exact) mass is 636 g/mol. The first-order valence-corrected chi connectivity index (χ1v) is 17.2. The Morgan fingerprint density at radius 3 is 1.46 bits per heavy atom. The van der Waals surface area contributed by atoms with Crippen molar-refractivity contribution in [3.05, 3.63) is 194 Å². The third kappa shape index (κ3) is 4.50. The van der Waals surface area contributed by atoms with Gasteiger partial charge in [0.2, 0.25) is 0 Å². The molecule has 0 aliphatic heterocycles. The van der Waals surface area contributed by atoms with Crippen LogP contribution in [0.5, 0.6) is 0 Å². The Hall–Kier alpha value is -6.64. The molecule has 0 radical (unpaired) electrons. The van der Waals surface area contributed by atoms with Crippen LogP contribution in [0.3, 0.4) is 0 Å². The van der Waals surface area contributed by atoms with Crippen LogP contribution in [-0.2, 0) is 0 Å². The third-order valence-electron chi connectivity index (χ3n) is 10.1. The summed E-state index contributed by atoms with van der Waals surface area (Å²) in [5.41, 5.74) is 14.4. The Morgan fingerprint density at radius 2 is 0.780 bits per heavy atom. The molecular weight excluding hydrogens is 605 g/mol. The molecule has 10 rings (SSSR count). The summed E-state index contributed by atoms with van der Waals surface area (Å²) in [6, 6.07) is 70.4. The van der Waals surface area contributed by atoms with E-state index in [9.17, 15) is 0 Å². The molecule has 0 saturated carbocycles. The van der Waals surface area contributed by atoms with Crippen molar-refractivity contribution in [3.63, 3.8) is 0 Å². The number of hydrogen-bond acceptors (Lipinski definition) is 0. The summed E-state index contributed by atoms with van der Waals surface area (Å²) in [7, 11) is 0. The van der Waals surface area contributed by atoms with Crippen molar-refractivity contribution < 1.29 is 0 Å². The first-order chi connectivity index (χ1) is 24.8. The number of rotatable bonds is 5. The number of hydrogen-bond donors (Lipinski definition) is 0. The highest BCUT2D eigenvalue weighted by Gasteiger charge is 2.19. The number of para-hydroxylation sites is 3. The summed E-state index contributed by atoms with van der Waals surface area (Å²) >= 11 is 0. The van der Waals surface area contributed by atoms with Crippen molar-refractivity contribution in [2.75, 3.05) is 0 Å². The van der Waals surface area contributed by atoms with E-state index in [0.29, 0.717) is 0 Å². The Kier molecular flexibility index (Phi) is 6.53. The largest absolute Gasteiger partial charge is 0.309 e. The van der Waals surface area contributed by atoms with Gasteiger partial charge >= 0.3 is 0 Å². The zero-order chi connectivity index (χ0) is 33.0. The highest BCUT2D eigenvalue weighted by molar-refractivity contribution is 6.17. The quantitative estimate of drug-likeness (QED) is 0.178. The van der Waals surface area contributed by atoms with Gasteiger partial charge in [-0.3, -0.25) is 0 Å². The van der Waals surface area contributed by atoms with Gasteiger partial charge in [0.05, 0.1) is 22.1 Å². The van der Waals surface area contributed by atoms with E-state index in [1.54, 1.807) is 0 Å². The van der Waals surface area contributed by atoms with E-state index in [-0.39, 0.29) is 0 Å². The van der Waals surface area contributed by atoms with Crippen LogP contribution in [0.4, 0.5) is 0 Å². The van der Waals surface area contributed by atoms with Crippen molar-refractivity contribution in [1.29, 1.82) is 0 Å². The van der Waals surface area contributed by atoms with E-state index < -0.39 is 0 Å². The maximum atomic E-state index is 2.45. The predicted octanol–water partition coefficient (Wildman–Crippen LogP) is 12.9. The maximum Gasteiger partial charge on any atom is 0.0547 e. The van der Waals surface area contributed by atoms with Crippen LogP contribution in [0.2, 0.25) is 0 Å². The van der Waals surface area contributed by atoms with E-state index in [1.807, 2.05) is 0 Å².